The average molecular weight is 324 g/mol. The monoisotopic (exact) mass is 324 g/mol. The van der Waals surface area contributed by atoms with E-state index in [2.05, 4.69) is 31.2 Å². The Hall–Kier alpha value is -2.42. The van der Waals surface area contributed by atoms with Gasteiger partial charge in [0.2, 0.25) is 0 Å². The lowest BCUT2D eigenvalue weighted by Crippen LogP contribution is -2.09. The van der Waals surface area contributed by atoms with Crippen molar-refractivity contribution in [2.45, 2.75) is 32.8 Å². The van der Waals surface area contributed by atoms with Gasteiger partial charge in [-0.15, -0.1) is 0 Å². The van der Waals surface area contributed by atoms with Crippen LogP contribution in [0.1, 0.15) is 43.4 Å². The van der Waals surface area contributed by atoms with Crippen molar-refractivity contribution in [2.75, 3.05) is 14.2 Å². The van der Waals surface area contributed by atoms with Gasteiger partial charge >= 0.3 is 0 Å². The Morgan fingerprint density at radius 3 is 2.21 bits per heavy atom. The Labute approximate surface area is 143 Å². The number of fused-ring (bicyclic) bond motifs is 1. The molecule has 1 unspecified atom stereocenters. The minimum absolute atomic E-state index is 0.0964. The van der Waals surface area contributed by atoms with Crippen LogP contribution in [0.5, 0.6) is 17.2 Å². The summed E-state index contributed by atoms with van der Waals surface area (Å²) in [6.45, 7) is 6.23. The molecular formula is C21H24O3. The van der Waals surface area contributed by atoms with Gasteiger partial charge in [0.25, 0.3) is 0 Å². The molecule has 0 fully saturated rings. The van der Waals surface area contributed by atoms with Crippen molar-refractivity contribution in [3.05, 3.63) is 58.7 Å². The fraction of sp³-hybridized carbons (Fsp3) is 0.333. The summed E-state index contributed by atoms with van der Waals surface area (Å²) in [6.07, 6.45) is 2.31. The lowest BCUT2D eigenvalue weighted by molar-refractivity contribution is 0.229. The summed E-state index contributed by atoms with van der Waals surface area (Å²) >= 11 is 0. The van der Waals surface area contributed by atoms with Gasteiger partial charge < -0.3 is 14.2 Å². The van der Waals surface area contributed by atoms with E-state index in [4.69, 9.17) is 14.2 Å². The summed E-state index contributed by atoms with van der Waals surface area (Å²) in [5.41, 5.74) is 4.94. The summed E-state index contributed by atoms with van der Waals surface area (Å²) in [5, 5.41) is 0. The number of rotatable bonds is 5. The molecule has 0 bridgehead atoms. The number of hydrogen-bond acceptors (Lipinski definition) is 3. The molecule has 126 valence electrons. The molecule has 0 amide bonds. The zero-order valence-electron chi connectivity index (χ0n) is 14.9. The lowest BCUT2D eigenvalue weighted by atomic mass is 9.89. The van der Waals surface area contributed by atoms with Crippen molar-refractivity contribution in [1.29, 1.82) is 0 Å². The van der Waals surface area contributed by atoms with E-state index in [0.717, 1.165) is 22.8 Å². The largest absolute Gasteiger partial charge is 0.497 e. The third-order valence-electron chi connectivity index (χ3n) is 4.35. The zero-order chi connectivity index (χ0) is 17.3. The molecular weight excluding hydrogens is 300 g/mol. The maximum absolute atomic E-state index is 6.06. The number of methoxy groups -OCH3 is 2. The molecule has 0 aliphatic heterocycles. The van der Waals surface area contributed by atoms with E-state index in [1.165, 1.54) is 16.7 Å². The third-order valence-corrected chi connectivity index (χ3v) is 4.35. The van der Waals surface area contributed by atoms with Crippen LogP contribution in [0.4, 0.5) is 0 Å². The molecule has 1 aliphatic rings. The van der Waals surface area contributed by atoms with E-state index < -0.39 is 0 Å². The molecule has 0 radical (unpaired) electrons. The highest BCUT2D eigenvalue weighted by molar-refractivity contribution is 5.76. The molecule has 1 atom stereocenters. The van der Waals surface area contributed by atoms with Gasteiger partial charge in [0.15, 0.2) is 11.5 Å². The molecule has 3 nitrogen and oxygen atoms in total. The number of benzene rings is 2. The summed E-state index contributed by atoms with van der Waals surface area (Å²) in [7, 11) is 3.37. The first-order valence-electron chi connectivity index (χ1n) is 8.24. The van der Waals surface area contributed by atoms with E-state index in [0.29, 0.717) is 0 Å². The highest BCUT2D eigenvalue weighted by Gasteiger charge is 2.28. The van der Waals surface area contributed by atoms with Crippen LogP contribution in [0.2, 0.25) is 0 Å². The Balaban J connectivity index is 2.08. The van der Waals surface area contributed by atoms with Gasteiger partial charge in [0.1, 0.15) is 5.75 Å². The highest BCUT2D eigenvalue weighted by Crippen LogP contribution is 2.47. The molecule has 3 heteroatoms. The predicted octanol–water partition coefficient (Wildman–Crippen LogP) is 5.04. The molecule has 2 aromatic carbocycles. The van der Waals surface area contributed by atoms with Crippen LogP contribution in [0.25, 0.3) is 6.08 Å². The summed E-state index contributed by atoms with van der Waals surface area (Å²) < 4.78 is 16.8. The second-order valence-electron chi connectivity index (χ2n) is 6.36. The van der Waals surface area contributed by atoms with E-state index in [-0.39, 0.29) is 12.0 Å². The SMILES string of the molecule is COc1ccc(C2C(C)=Cc3c2ccc(OC)c3OC(C)C)cc1. The quantitative estimate of drug-likeness (QED) is 0.771. The molecule has 1 aliphatic carbocycles. The first-order valence-corrected chi connectivity index (χ1v) is 8.24. The predicted molar refractivity (Wildman–Crippen MR) is 97.2 cm³/mol. The Bertz CT molecular complexity index is 757. The van der Waals surface area contributed by atoms with Crippen LogP contribution in [-0.2, 0) is 0 Å². The van der Waals surface area contributed by atoms with Crippen LogP contribution in [-0.4, -0.2) is 20.3 Å². The summed E-state index contributed by atoms with van der Waals surface area (Å²) in [4.78, 5) is 0. The van der Waals surface area contributed by atoms with Gasteiger partial charge in [-0.2, -0.15) is 0 Å². The van der Waals surface area contributed by atoms with Crippen LogP contribution in [0, 0.1) is 0 Å². The van der Waals surface area contributed by atoms with Gasteiger partial charge in [-0.3, -0.25) is 0 Å². The van der Waals surface area contributed by atoms with Crippen molar-refractivity contribution >= 4 is 6.08 Å². The standard InChI is InChI=1S/C21H24O3/c1-13(2)24-21-18-12-14(3)20(17(18)10-11-19(21)23-5)15-6-8-16(22-4)9-7-15/h6-13,20H,1-5H3. The van der Waals surface area contributed by atoms with Gasteiger partial charge in [0.05, 0.1) is 20.3 Å². The lowest BCUT2D eigenvalue weighted by Gasteiger charge is -2.19. The molecule has 0 aromatic heterocycles. The van der Waals surface area contributed by atoms with Crippen LogP contribution < -0.4 is 14.2 Å². The van der Waals surface area contributed by atoms with E-state index >= 15 is 0 Å². The summed E-state index contributed by atoms with van der Waals surface area (Å²) in [6, 6.07) is 12.4. The van der Waals surface area contributed by atoms with Gasteiger partial charge in [-0.25, -0.2) is 0 Å². The molecule has 0 saturated carbocycles. The average Bonchev–Trinajstić information content (AvgIpc) is 2.91. The van der Waals surface area contributed by atoms with Crippen LogP contribution in [0.15, 0.2) is 42.0 Å². The van der Waals surface area contributed by atoms with E-state index in [9.17, 15) is 0 Å². The molecule has 0 saturated heterocycles. The number of allylic oxidation sites excluding steroid dienone is 1. The van der Waals surface area contributed by atoms with Gasteiger partial charge in [-0.1, -0.05) is 29.8 Å². The molecule has 3 rings (SSSR count). The first-order chi connectivity index (χ1) is 11.5. The normalized spacial score (nSPS) is 15.9. The number of hydrogen-bond donors (Lipinski definition) is 0. The summed E-state index contributed by atoms with van der Waals surface area (Å²) in [5.74, 6) is 2.73. The maximum Gasteiger partial charge on any atom is 0.169 e. The van der Waals surface area contributed by atoms with E-state index in [1.54, 1.807) is 14.2 Å². The Morgan fingerprint density at radius 1 is 0.917 bits per heavy atom. The first kappa shape index (κ1) is 16.4. The smallest absolute Gasteiger partial charge is 0.169 e. The second kappa shape index (κ2) is 6.60. The fourth-order valence-corrected chi connectivity index (χ4v) is 3.31. The van der Waals surface area contributed by atoms with Crippen molar-refractivity contribution < 1.29 is 14.2 Å². The van der Waals surface area contributed by atoms with Crippen LogP contribution >= 0.6 is 0 Å². The minimum atomic E-state index is 0.0964. The minimum Gasteiger partial charge on any atom is -0.497 e. The highest BCUT2D eigenvalue weighted by atomic mass is 16.5. The molecule has 0 spiro atoms. The molecule has 0 N–H and O–H groups in total. The molecule has 24 heavy (non-hydrogen) atoms. The van der Waals surface area contributed by atoms with E-state index in [1.807, 2.05) is 32.0 Å². The fourth-order valence-electron chi connectivity index (χ4n) is 3.31. The molecule has 2 aromatic rings. The number of ether oxygens (including phenoxy) is 3. The van der Waals surface area contributed by atoms with Crippen molar-refractivity contribution in [2.24, 2.45) is 0 Å². The topological polar surface area (TPSA) is 27.7 Å². The maximum atomic E-state index is 6.06. The van der Waals surface area contributed by atoms with Crippen LogP contribution in [0.3, 0.4) is 0 Å². The third kappa shape index (κ3) is 2.86. The van der Waals surface area contributed by atoms with Gasteiger partial charge in [-0.05, 0) is 50.1 Å². The van der Waals surface area contributed by atoms with Crippen molar-refractivity contribution in [3.8, 4) is 17.2 Å². The van der Waals surface area contributed by atoms with Crippen molar-refractivity contribution in [1.82, 2.24) is 0 Å². The van der Waals surface area contributed by atoms with Gasteiger partial charge in [0, 0.05) is 11.5 Å². The Kier molecular flexibility index (Phi) is 4.52. The second-order valence-corrected chi connectivity index (χ2v) is 6.36. The Morgan fingerprint density at radius 2 is 1.62 bits per heavy atom. The van der Waals surface area contributed by atoms with Crippen molar-refractivity contribution in [3.63, 3.8) is 0 Å². The zero-order valence-corrected chi connectivity index (χ0v) is 14.9. The molecule has 0 heterocycles.